The molecule has 0 radical (unpaired) electrons. The summed E-state index contributed by atoms with van der Waals surface area (Å²) < 4.78 is 0. The van der Waals surface area contributed by atoms with Crippen LogP contribution in [0.1, 0.15) is 31.9 Å². The monoisotopic (exact) mass is 244 g/mol. The van der Waals surface area contributed by atoms with E-state index in [1.54, 1.807) is 6.07 Å². The third-order valence-corrected chi connectivity index (χ3v) is 3.47. The van der Waals surface area contributed by atoms with Gasteiger partial charge < -0.3 is 5.73 Å². The van der Waals surface area contributed by atoms with Crippen LogP contribution >= 0.6 is 23.4 Å². The molecule has 0 saturated carbocycles. The molecule has 2 N–H and O–H groups in total. The molecule has 1 rings (SSSR count). The number of anilines is 1. The third kappa shape index (κ3) is 4.76. The third-order valence-electron chi connectivity index (χ3n) is 2.07. The van der Waals surface area contributed by atoms with E-state index < -0.39 is 0 Å². The normalized spacial score (nSPS) is 10.5. The van der Waals surface area contributed by atoms with Crippen LogP contribution < -0.4 is 5.73 Å². The number of pyridine rings is 1. The van der Waals surface area contributed by atoms with E-state index >= 15 is 0 Å². The van der Waals surface area contributed by atoms with Gasteiger partial charge in [0.1, 0.15) is 5.82 Å². The lowest BCUT2D eigenvalue weighted by molar-refractivity contribution is 0.778. The van der Waals surface area contributed by atoms with Crippen LogP contribution in [-0.2, 0) is 5.75 Å². The Morgan fingerprint density at radius 1 is 1.40 bits per heavy atom. The lowest BCUT2D eigenvalue weighted by atomic mass is 10.3. The zero-order valence-corrected chi connectivity index (χ0v) is 10.6. The lowest BCUT2D eigenvalue weighted by Crippen LogP contribution is -1.95. The summed E-state index contributed by atoms with van der Waals surface area (Å²) in [7, 11) is 0. The Balaban J connectivity index is 2.33. The second-order valence-electron chi connectivity index (χ2n) is 3.42. The summed E-state index contributed by atoms with van der Waals surface area (Å²) >= 11 is 7.87. The van der Waals surface area contributed by atoms with Crippen molar-refractivity contribution < 1.29 is 0 Å². The highest BCUT2D eigenvalue weighted by Gasteiger charge is 2.02. The minimum absolute atomic E-state index is 0.545. The van der Waals surface area contributed by atoms with Gasteiger partial charge in [0.05, 0.1) is 10.7 Å². The molecule has 0 bridgehead atoms. The largest absolute Gasteiger partial charge is 0.384 e. The van der Waals surface area contributed by atoms with Gasteiger partial charge in [0, 0.05) is 5.75 Å². The van der Waals surface area contributed by atoms with Crippen LogP contribution in [0.25, 0.3) is 0 Å². The van der Waals surface area contributed by atoms with Gasteiger partial charge >= 0.3 is 0 Å². The summed E-state index contributed by atoms with van der Waals surface area (Å²) in [6.07, 6.45) is 3.82. The van der Waals surface area contributed by atoms with E-state index in [-0.39, 0.29) is 0 Å². The lowest BCUT2D eigenvalue weighted by Gasteiger charge is -2.04. The molecule has 1 aromatic rings. The average Bonchev–Trinajstić information content (AvgIpc) is 2.23. The topological polar surface area (TPSA) is 38.9 Å². The summed E-state index contributed by atoms with van der Waals surface area (Å²) in [4.78, 5) is 4.22. The number of halogens is 1. The predicted molar refractivity (Wildman–Crippen MR) is 69.3 cm³/mol. The number of nitrogen functional groups attached to an aromatic ring is 1. The first-order chi connectivity index (χ1) is 7.24. The first kappa shape index (κ1) is 12.7. The minimum Gasteiger partial charge on any atom is -0.384 e. The van der Waals surface area contributed by atoms with Crippen molar-refractivity contribution in [2.45, 2.75) is 31.9 Å². The van der Waals surface area contributed by atoms with Gasteiger partial charge in [-0.2, -0.15) is 11.8 Å². The zero-order chi connectivity index (χ0) is 11.1. The molecule has 0 aromatic carbocycles. The molecular weight excluding hydrogens is 228 g/mol. The van der Waals surface area contributed by atoms with Crippen molar-refractivity contribution in [3.63, 3.8) is 0 Å². The van der Waals surface area contributed by atoms with Gasteiger partial charge in [0.25, 0.3) is 0 Å². The van der Waals surface area contributed by atoms with Gasteiger partial charge in [-0.15, -0.1) is 0 Å². The molecule has 4 heteroatoms. The Morgan fingerprint density at radius 2 is 2.20 bits per heavy atom. The maximum absolute atomic E-state index is 6.00. The Bertz CT molecular complexity index is 305. The van der Waals surface area contributed by atoms with Gasteiger partial charge in [-0.3, -0.25) is 0 Å². The Labute approximate surface area is 101 Å². The van der Waals surface area contributed by atoms with Crippen molar-refractivity contribution in [2.75, 3.05) is 11.5 Å². The molecule has 0 spiro atoms. The quantitative estimate of drug-likeness (QED) is 0.775. The first-order valence-electron chi connectivity index (χ1n) is 5.22. The molecule has 1 heterocycles. The second kappa shape index (κ2) is 6.96. The molecule has 0 unspecified atom stereocenters. The number of nitrogens with zero attached hydrogens (tertiary/aromatic N) is 1. The molecule has 15 heavy (non-hydrogen) atoms. The number of aromatic nitrogens is 1. The SMILES string of the molecule is CCCCCSCc1nc(N)ccc1Cl. The van der Waals surface area contributed by atoms with Crippen molar-refractivity contribution in [2.24, 2.45) is 0 Å². The maximum atomic E-state index is 6.00. The van der Waals surface area contributed by atoms with E-state index in [1.165, 1.54) is 25.0 Å². The fraction of sp³-hybridized carbons (Fsp3) is 0.545. The number of rotatable bonds is 6. The van der Waals surface area contributed by atoms with Crippen molar-refractivity contribution in [3.8, 4) is 0 Å². The smallest absolute Gasteiger partial charge is 0.123 e. The molecule has 0 aliphatic rings. The fourth-order valence-electron chi connectivity index (χ4n) is 1.23. The summed E-state index contributed by atoms with van der Waals surface area (Å²) in [6.45, 7) is 2.21. The highest BCUT2D eigenvalue weighted by molar-refractivity contribution is 7.98. The number of unbranched alkanes of at least 4 members (excludes halogenated alkanes) is 2. The molecule has 1 aromatic heterocycles. The van der Waals surface area contributed by atoms with E-state index in [0.717, 1.165) is 11.4 Å². The number of nitrogens with two attached hydrogens (primary N) is 1. The van der Waals surface area contributed by atoms with Crippen LogP contribution in [0.5, 0.6) is 0 Å². The van der Waals surface area contributed by atoms with Crippen molar-refractivity contribution in [3.05, 3.63) is 22.8 Å². The Kier molecular flexibility index (Phi) is 5.88. The second-order valence-corrected chi connectivity index (χ2v) is 4.94. The predicted octanol–water partition coefficient (Wildman–Crippen LogP) is 3.74. The Hall–Kier alpha value is -0.410. The van der Waals surface area contributed by atoms with Gasteiger partial charge in [-0.1, -0.05) is 31.4 Å². The highest BCUT2D eigenvalue weighted by Crippen LogP contribution is 2.21. The zero-order valence-electron chi connectivity index (χ0n) is 9.00. The molecular formula is C11H17ClN2S. The van der Waals surface area contributed by atoms with Gasteiger partial charge in [-0.25, -0.2) is 4.98 Å². The van der Waals surface area contributed by atoms with E-state index in [0.29, 0.717) is 10.8 Å². The van der Waals surface area contributed by atoms with E-state index in [4.69, 9.17) is 17.3 Å². The van der Waals surface area contributed by atoms with Crippen LogP contribution in [0.3, 0.4) is 0 Å². The van der Waals surface area contributed by atoms with E-state index in [2.05, 4.69) is 11.9 Å². The van der Waals surface area contributed by atoms with Crippen LogP contribution in [0.2, 0.25) is 5.02 Å². The maximum Gasteiger partial charge on any atom is 0.123 e. The summed E-state index contributed by atoms with van der Waals surface area (Å²) in [5, 5.41) is 0.715. The number of hydrogen-bond acceptors (Lipinski definition) is 3. The van der Waals surface area contributed by atoms with E-state index in [9.17, 15) is 0 Å². The number of hydrogen-bond donors (Lipinski definition) is 1. The molecule has 0 aliphatic carbocycles. The van der Waals surface area contributed by atoms with Gasteiger partial charge in [0.15, 0.2) is 0 Å². The van der Waals surface area contributed by atoms with E-state index in [1.807, 2.05) is 17.8 Å². The summed E-state index contributed by atoms with van der Waals surface area (Å²) in [5.41, 5.74) is 6.50. The molecule has 0 fully saturated rings. The van der Waals surface area contributed by atoms with Crippen LogP contribution in [-0.4, -0.2) is 10.7 Å². The highest BCUT2D eigenvalue weighted by atomic mass is 35.5. The van der Waals surface area contributed by atoms with Crippen molar-refractivity contribution in [1.82, 2.24) is 4.98 Å². The molecule has 0 atom stereocenters. The van der Waals surface area contributed by atoms with Crippen LogP contribution in [0, 0.1) is 0 Å². The molecule has 84 valence electrons. The van der Waals surface area contributed by atoms with Gasteiger partial charge in [0.2, 0.25) is 0 Å². The summed E-state index contributed by atoms with van der Waals surface area (Å²) in [5.74, 6) is 2.57. The Morgan fingerprint density at radius 3 is 2.93 bits per heavy atom. The molecule has 0 saturated heterocycles. The summed E-state index contributed by atoms with van der Waals surface area (Å²) in [6, 6.07) is 3.54. The first-order valence-corrected chi connectivity index (χ1v) is 6.76. The fourth-order valence-corrected chi connectivity index (χ4v) is 2.44. The molecule has 0 amide bonds. The van der Waals surface area contributed by atoms with Gasteiger partial charge in [-0.05, 0) is 24.3 Å². The molecule has 0 aliphatic heterocycles. The van der Waals surface area contributed by atoms with Crippen LogP contribution in [0.15, 0.2) is 12.1 Å². The number of thioether (sulfide) groups is 1. The van der Waals surface area contributed by atoms with Crippen molar-refractivity contribution in [1.29, 1.82) is 0 Å². The molecule has 2 nitrogen and oxygen atoms in total. The van der Waals surface area contributed by atoms with Crippen molar-refractivity contribution >= 4 is 29.2 Å². The standard InChI is InChI=1S/C11H17ClN2S/c1-2-3-4-7-15-8-10-9(12)5-6-11(13)14-10/h5-6H,2-4,7-8H2,1H3,(H2,13,14). The average molecular weight is 245 g/mol. The minimum atomic E-state index is 0.545. The van der Waals surface area contributed by atoms with Crippen LogP contribution in [0.4, 0.5) is 5.82 Å².